The molecule has 0 aliphatic carbocycles. The zero-order valence-corrected chi connectivity index (χ0v) is 15.9. The molecule has 8 nitrogen and oxygen atoms in total. The van der Waals surface area contributed by atoms with Crippen molar-refractivity contribution in [1.82, 2.24) is 9.55 Å². The summed E-state index contributed by atoms with van der Waals surface area (Å²) < 4.78 is 12.2. The molecule has 2 N–H and O–H groups in total. The smallest absolute Gasteiger partial charge is 0.343 e. The second-order valence-electron chi connectivity index (χ2n) is 7.28. The van der Waals surface area contributed by atoms with Crippen molar-refractivity contribution in [2.24, 2.45) is 0 Å². The van der Waals surface area contributed by atoms with E-state index in [1.165, 1.54) is 6.07 Å². The Balaban J connectivity index is 1.84. The highest BCUT2D eigenvalue weighted by molar-refractivity contribution is 5.92. The summed E-state index contributed by atoms with van der Waals surface area (Å²) >= 11 is 0. The number of nitrogens with zero attached hydrogens (tertiary/aromatic N) is 2. The van der Waals surface area contributed by atoms with Gasteiger partial charge in [0.1, 0.15) is 18.1 Å². The molecule has 1 atom stereocenters. The highest BCUT2D eigenvalue weighted by atomic mass is 16.6. The summed E-state index contributed by atoms with van der Waals surface area (Å²) in [6.07, 6.45) is 0.0803. The maximum atomic E-state index is 13.2. The topological polar surface area (TPSA) is 111 Å². The van der Waals surface area contributed by atoms with Gasteiger partial charge in [-0.15, -0.1) is 0 Å². The molecule has 0 unspecified atom stereocenters. The van der Waals surface area contributed by atoms with Gasteiger partial charge >= 0.3 is 5.97 Å². The van der Waals surface area contributed by atoms with Crippen molar-refractivity contribution in [2.75, 3.05) is 7.11 Å². The number of rotatable bonds is 2. The Hall–Kier alpha value is -3.39. The molecule has 0 radical (unpaired) electrons. The fourth-order valence-corrected chi connectivity index (χ4v) is 4.27. The van der Waals surface area contributed by atoms with Crippen LogP contribution in [0.2, 0.25) is 0 Å². The number of aromatic nitrogens is 2. The Morgan fingerprint density at radius 2 is 2.07 bits per heavy atom. The Kier molecular flexibility index (Phi) is 3.54. The lowest BCUT2D eigenvalue weighted by Gasteiger charge is -2.31. The number of pyridine rings is 2. The Morgan fingerprint density at radius 1 is 1.28 bits per heavy atom. The predicted octanol–water partition coefficient (Wildman–Crippen LogP) is 1.79. The molecule has 5 rings (SSSR count). The first-order valence-corrected chi connectivity index (χ1v) is 9.25. The summed E-state index contributed by atoms with van der Waals surface area (Å²) in [7, 11) is 1.54. The van der Waals surface area contributed by atoms with E-state index in [-0.39, 0.29) is 42.0 Å². The maximum absolute atomic E-state index is 13.2. The predicted molar refractivity (Wildman–Crippen MR) is 103 cm³/mol. The lowest BCUT2D eigenvalue weighted by molar-refractivity contribution is -0.172. The molecule has 4 heterocycles. The number of ether oxygens (including phenoxy) is 2. The molecule has 2 aliphatic heterocycles. The number of esters is 1. The monoisotopic (exact) mass is 394 g/mol. The zero-order valence-electron chi connectivity index (χ0n) is 15.9. The number of aliphatic hydroxyl groups is 1. The summed E-state index contributed by atoms with van der Waals surface area (Å²) in [5.74, 6) is -0.121. The first-order valence-electron chi connectivity index (χ1n) is 9.25. The molecule has 29 heavy (non-hydrogen) atoms. The number of phenols is 1. The second kappa shape index (κ2) is 5.81. The number of hydrogen-bond donors (Lipinski definition) is 2. The van der Waals surface area contributed by atoms with Crippen molar-refractivity contribution in [1.29, 1.82) is 0 Å². The van der Waals surface area contributed by atoms with Crippen LogP contribution < -0.4 is 10.3 Å². The highest BCUT2D eigenvalue weighted by Gasteiger charge is 2.45. The van der Waals surface area contributed by atoms with Gasteiger partial charge < -0.3 is 24.3 Å². The van der Waals surface area contributed by atoms with Gasteiger partial charge in [0.05, 0.1) is 36.1 Å². The first-order chi connectivity index (χ1) is 13.9. The first kappa shape index (κ1) is 17.7. The van der Waals surface area contributed by atoms with Gasteiger partial charge in [-0.05, 0) is 24.6 Å². The molecule has 148 valence electrons. The van der Waals surface area contributed by atoms with E-state index in [9.17, 15) is 19.8 Å². The number of fused-ring (bicyclic) bond motifs is 5. The lowest BCUT2D eigenvalue weighted by atomic mass is 9.86. The van der Waals surface area contributed by atoms with Crippen LogP contribution in [0.1, 0.15) is 30.0 Å². The molecule has 1 aromatic carbocycles. The third-order valence-electron chi connectivity index (χ3n) is 5.82. The van der Waals surface area contributed by atoms with E-state index in [4.69, 9.17) is 9.47 Å². The number of carbonyl (C=O) groups excluding carboxylic acids is 1. The summed E-state index contributed by atoms with van der Waals surface area (Å²) in [5, 5.41) is 21.5. The van der Waals surface area contributed by atoms with Gasteiger partial charge in [-0.1, -0.05) is 6.92 Å². The van der Waals surface area contributed by atoms with Crippen LogP contribution in [-0.2, 0) is 28.3 Å². The maximum Gasteiger partial charge on any atom is 0.343 e. The van der Waals surface area contributed by atoms with Crippen molar-refractivity contribution >= 4 is 16.9 Å². The van der Waals surface area contributed by atoms with E-state index in [1.807, 2.05) is 0 Å². The molecule has 0 saturated heterocycles. The fraction of sp³-hybridized carbons (Fsp3) is 0.286. The minimum atomic E-state index is -1.87. The molecule has 0 saturated carbocycles. The lowest BCUT2D eigenvalue weighted by Crippen LogP contribution is -2.44. The largest absolute Gasteiger partial charge is 0.508 e. The number of cyclic esters (lactones) is 1. The van der Waals surface area contributed by atoms with Crippen molar-refractivity contribution in [3.63, 3.8) is 0 Å². The molecule has 0 fully saturated rings. The molecule has 0 spiro atoms. The van der Waals surface area contributed by atoms with Crippen LogP contribution in [0.5, 0.6) is 11.5 Å². The standard InChI is InChI=1S/C21H18N2O6/c1-3-21(27)14-7-16-17-12(8-23(16)19(25)13(14)9-29-20(21)26)18(28-2)11-5-4-10(24)6-15(11)22-17/h4-7,24,27H,3,8-9H2,1-2H3/t21-/m0/s1. The van der Waals surface area contributed by atoms with Crippen molar-refractivity contribution < 1.29 is 24.5 Å². The van der Waals surface area contributed by atoms with Crippen LogP contribution in [0.25, 0.3) is 22.3 Å². The van der Waals surface area contributed by atoms with Crippen molar-refractivity contribution in [3.8, 4) is 22.9 Å². The molecule has 3 aromatic rings. The van der Waals surface area contributed by atoms with Gasteiger partial charge in [-0.2, -0.15) is 0 Å². The van der Waals surface area contributed by atoms with E-state index in [1.54, 1.807) is 36.8 Å². The Morgan fingerprint density at radius 3 is 2.79 bits per heavy atom. The van der Waals surface area contributed by atoms with E-state index < -0.39 is 11.6 Å². The van der Waals surface area contributed by atoms with E-state index in [2.05, 4.69) is 4.98 Å². The van der Waals surface area contributed by atoms with Gasteiger partial charge in [-0.3, -0.25) is 4.79 Å². The van der Waals surface area contributed by atoms with Crippen LogP contribution >= 0.6 is 0 Å². The fourth-order valence-electron chi connectivity index (χ4n) is 4.27. The summed E-state index contributed by atoms with van der Waals surface area (Å²) in [6, 6.07) is 6.44. The van der Waals surface area contributed by atoms with Gasteiger partial charge in [0.2, 0.25) is 0 Å². The van der Waals surface area contributed by atoms with Gasteiger partial charge in [0.15, 0.2) is 5.60 Å². The van der Waals surface area contributed by atoms with E-state index in [0.29, 0.717) is 22.7 Å². The summed E-state index contributed by atoms with van der Waals surface area (Å²) in [6.45, 7) is 1.74. The van der Waals surface area contributed by atoms with Crippen LogP contribution in [0, 0.1) is 0 Å². The highest BCUT2D eigenvalue weighted by Crippen LogP contribution is 2.43. The van der Waals surface area contributed by atoms with Gasteiger partial charge in [0.25, 0.3) is 5.56 Å². The summed E-state index contributed by atoms with van der Waals surface area (Å²) in [4.78, 5) is 30.1. The number of hydrogen-bond acceptors (Lipinski definition) is 7. The number of aromatic hydroxyl groups is 1. The van der Waals surface area contributed by atoms with Crippen LogP contribution in [0.15, 0.2) is 29.1 Å². The molecule has 2 aliphatic rings. The second-order valence-corrected chi connectivity index (χ2v) is 7.28. The van der Waals surface area contributed by atoms with E-state index >= 15 is 0 Å². The van der Waals surface area contributed by atoms with Gasteiger partial charge in [0, 0.05) is 22.6 Å². The van der Waals surface area contributed by atoms with Crippen molar-refractivity contribution in [3.05, 3.63) is 51.3 Å². The molecule has 2 aromatic heterocycles. The third-order valence-corrected chi connectivity index (χ3v) is 5.82. The van der Waals surface area contributed by atoms with E-state index in [0.717, 1.165) is 10.9 Å². The third kappa shape index (κ3) is 2.20. The Bertz CT molecular complexity index is 1280. The number of carbonyl (C=O) groups is 1. The quantitative estimate of drug-likeness (QED) is 0.499. The van der Waals surface area contributed by atoms with Gasteiger partial charge in [-0.25, -0.2) is 9.78 Å². The molecular weight excluding hydrogens is 376 g/mol. The average molecular weight is 394 g/mol. The number of phenolic OH excluding ortho intramolecular Hbond substituents is 1. The minimum Gasteiger partial charge on any atom is -0.508 e. The summed E-state index contributed by atoms with van der Waals surface area (Å²) in [5.41, 5.74) is 0.602. The number of benzene rings is 1. The van der Waals surface area contributed by atoms with Crippen molar-refractivity contribution in [2.45, 2.75) is 32.1 Å². The SMILES string of the molecule is CC[C@@]1(O)C(=O)OCc2c1cc1n(c2=O)Cc2c-1nc1cc(O)ccc1c2OC. The van der Waals surface area contributed by atoms with Crippen LogP contribution in [-0.4, -0.2) is 32.8 Å². The molecule has 0 bridgehead atoms. The van der Waals surface area contributed by atoms with Crippen LogP contribution in [0.4, 0.5) is 0 Å². The molecular formula is C21H18N2O6. The molecule has 8 heteroatoms. The average Bonchev–Trinajstić information content (AvgIpc) is 3.08. The zero-order chi connectivity index (χ0) is 20.5. The minimum absolute atomic E-state index is 0.0657. The normalized spacial score (nSPS) is 19.5. The number of methoxy groups -OCH3 is 1. The Labute approximate surface area is 165 Å². The van der Waals surface area contributed by atoms with Crippen LogP contribution in [0.3, 0.4) is 0 Å². The molecule has 0 amide bonds.